The highest BCUT2D eigenvalue weighted by Gasteiger charge is 2.14. The van der Waals surface area contributed by atoms with E-state index in [4.69, 9.17) is 4.42 Å². The van der Waals surface area contributed by atoms with Crippen LogP contribution < -0.4 is 0 Å². The topological polar surface area (TPSA) is 111 Å². The molecule has 168 valence electrons. The van der Waals surface area contributed by atoms with E-state index >= 15 is 0 Å². The number of H-pyrrole nitrogens is 1. The minimum Gasteiger partial charge on any atom is -0.468 e. The molecule has 9 heteroatoms. The number of hydrogen-bond donors (Lipinski definition) is 1. The van der Waals surface area contributed by atoms with Gasteiger partial charge in [-0.05, 0) is 30.3 Å². The molecule has 2 aromatic heterocycles. The maximum Gasteiger partial charge on any atom is 0.316 e. The van der Waals surface area contributed by atoms with Gasteiger partial charge < -0.3 is 14.1 Å². The number of esters is 1. The third-order valence-corrected chi connectivity index (χ3v) is 5.92. The second-order valence-corrected chi connectivity index (χ2v) is 8.25. The number of hydrogen-bond acceptors (Lipinski definition) is 8. The van der Waals surface area contributed by atoms with Crippen molar-refractivity contribution in [1.82, 2.24) is 20.2 Å². The van der Waals surface area contributed by atoms with Crippen LogP contribution in [-0.2, 0) is 9.53 Å². The molecular weight excluding hydrogens is 452 g/mol. The number of ketones is 1. The minimum absolute atomic E-state index is 0.0355. The largest absolute Gasteiger partial charge is 0.468 e. The molecule has 0 atom stereocenters. The van der Waals surface area contributed by atoms with Crippen molar-refractivity contribution in [1.29, 1.82) is 0 Å². The van der Waals surface area contributed by atoms with Gasteiger partial charge in [0.05, 0.1) is 18.1 Å². The highest BCUT2D eigenvalue weighted by molar-refractivity contribution is 7.99. The van der Waals surface area contributed by atoms with Gasteiger partial charge >= 0.3 is 5.97 Å². The van der Waals surface area contributed by atoms with Crippen LogP contribution in [0.3, 0.4) is 0 Å². The van der Waals surface area contributed by atoms with E-state index in [1.54, 1.807) is 18.2 Å². The van der Waals surface area contributed by atoms with Gasteiger partial charge in [0.1, 0.15) is 11.6 Å². The molecule has 0 aliphatic rings. The Labute approximate surface area is 198 Å². The number of methoxy groups -OCH3 is 1. The Morgan fingerprint density at radius 2 is 1.71 bits per heavy atom. The number of nitrogens with one attached hydrogen (secondary N) is 1. The van der Waals surface area contributed by atoms with Crippen molar-refractivity contribution in [3.63, 3.8) is 0 Å². The molecule has 1 N–H and O–H groups in total. The lowest BCUT2D eigenvalue weighted by Crippen LogP contribution is -2.02. The molecule has 8 nitrogen and oxygen atoms in total. The summed E-state index contributed by atoms with van der Waals surface area (Å²) in [5.41, 5.74) is 4.41. The second-order valence-electron chi connectivity index (χ2n) is 7.33. The quantitative estimate of drug-likeness (QED) is 0.206. The molecular formula is C25H18N4O4S. The fourth-order valence-electron chi connectivity index (χ4n) is 3.38. The van der Waals surface area contributed by atoms with Crippen LogP contribution in [0.5, 0.6) is 0 Å². The third kappa shape index (κ3) is 4.46. The van der Waals surface area contributed by atoms with Gasteiger partial charge in [0.2, 0.25) is 5.89 Å². The van der Waals surface area contributed by atoms with Gasteiger partial charge in [-0.2, -0.15) is 0 Å². The number of ether oxygens (including phenoxy) is 1. The molecule has 0 radical (unpaired) electrons. The molecule has 5 rings (SSSR count). The summed E-state index contributed by atoms with van der Waals surface area (Å²) in [7, 11) is 1.33. The van der Waals surface area contributed by atoms with Crippen LogP contribution in [0.15, 0.2) is 82.4 Å². The molecule has 0 spiro atoms. The fourth-order valence-corrected chi connectivity index (χ4v) is 3.97. The van der Waals surface area contributed by atoms with E-state index in [1.807, 2.05) is 54.6 Å². The molecule has 3 aromatic carbocycles. The van der Waals surface area contributed by atoms with E-state index in [1.165, 1.54) is 7.11 Å². The van der Waals surface area contributed by atoms with E-state index < -0.39 is 0 Å². The molecule has 34 heavy (non-hydrogen) atoms. The number of carbonyl (C=O) groups is 2. The average molecular weight is 471 g/mol. The molecule has 2 heterocycles. The van der Waals surface area contributed by atoms with Gasteiger partial charge in [-0.25, -0.2) is 4.98 Å². The predicted octanol–water partition coefficient (Wildman–Crippen LogP) is 4.78. The van der Waals surface area contributed by atoms with Crippen molar-refractivity contribution in [3.8, 4) is 22.8 Å². The van der Waals surface area contributed by atoms with Crippen LogP contribution >= 0.6 is 11.8 Å². The number of carbonyl (C=O) groups excluding carboxylic acids is 2. The fraction of sp³-hybridized carbons (Fsp3) is 0.0800. The van der Waals surface area contributed by atoms with E-state index in [-0.39, 0.29) is 17.5 Å². The van der Waals surface area contributed by atoms with Crippen LogP contribution in [0.2, 0.25) is 0 Å². The molecule has 0 bridgehead atoms. The SMILES string of the molecule is COC(=O)CSc1nnc(-c2ccc(-c3nc4ccc(C(=O)c5ccccc5)cc4[nH]3)cc2)o1. The third-order valence-electron chi connectivity index (χ3n) is 5.13. The van der Waals surface area contributed by atoms with Crippen molar-refractivity contribution >= 4 is 34.5 Å². The first-order valence-electron chi connectivity index (χ1n) is 10.3. The van der Waals surface area contributed by atoms with Gasteiger partial charge in [0.15, 0.2) is 5.78 Å². The van der Waals surface area contributed by atoms with Crippen molar-refractivity contribution < 1.29 is 18.7 Å². The van der Waals surface area contributed by atoms with Gasteiger partial charge in [0.25, 0.3) is 5.22 Å². The second kappa shape index (κ2) is 9.32. The zero-order chi connectivity index (χ0) is 23.5. The number of benzene rings is 3. The average Bonchev–Trinajstić information content (AvgIpc) is 3.54. The molecule has 0 saturated carbocycles. The summed E-state index contributed by atoms with van der Waals surface area (Å²) in [6, 6.07) is 22.1. The maximum atomic E-state index is 12.8. The number of imidazole rings is 1. The first-order chi connectivity index (χ1) is 16.6. The number of thioether (sulfide) groups is 1. The summed E-state index contributed by atoms with van der Waals surface area (Å²) in [4.78, 5) is 31.9. The number of aromatic nitrogens is 4. The Kier molecular flexibility index (Phi) is 5.92. The van der Waals surface area contributed by atoms with E-state index in [0.717, 1.165) is 33.9 Å². The van der Waals surface area contributed by atoms with Crippen LogP contribution in [0.4, 0.5) is 0 Å². The van der Waals surface area contributed by atoms with Crippen molar-refractivity contribution in [2.24, 2.45) is 0 Å². The van der Waals surface area contributed by atoms with Gasteiger partial charge in [0, 0.05) is 22.3 Å². The smallest absolute Gasteiger partial charge is 0.316 e. The first kappa shape index (κ1) is 21.6. The zero-order valence-electron chi connectivity index (χ0n) is 18.0. The van der Waals surface area contributed by atoms with E-state index in [0.29, 0.717) is 28.1 Å². The lowest BCUT2D eigenvalue weighted by molar-refractivity contribution is -0.137. The lowest BCUT2D eigenvalue weighted by Gasteiger charge is -2.00. The molecule has 0 aliphatic carbocycles. The molecule has 0 aliphatic heterocycles. The minimum atomic E-state index is -0.364. The Morgan fingerprint density at radius 1 is 0.941 bits per heavy atom. The Bertz CT molecular complexity index is 1480. The molecule has 0 amide bonds. The van der Waals surface area contributed by atoms with E-state index in [9.17, 15) is 9.59 Å². The number of fused-ring (bicyclic) bond motifs is 1. The monoisotopic (exact) mass is 470 g/mol. The van der Waals surface area contributed by atoms with Crippen molar-refractivity contribution in [2.45, 2.75) is 5.22 Å². The normalized spacial score (nSPS) is 11.0. The van der Waals surface area contributed by atoms with Crippen LogP contribution in [0, 0.1) is 0 Å². The van der Waals surface area contributed by atoms with Crippen LogP contribution in [-0.4, -0.2) is 44.8 Å². The van der Waals surface area contributed by atoms with Crippen LogP contribution in [0.1, 0.15) is 15.9 Å². The Hall–Kier alpha value is -4.24. The zero-order valence-corrected chi connectivity index (χ0v) is 18.8. The lowest BCUT2D eigenvalue weighted by atomic mass is 10.0. The molecule has 0 fully saturated rings. The summed E-state index contributed by atoms with van der Waals surface area (Å²) in [5.74, 6) is 0.739. The van der Waals surface area contributed by atoms with Gasteiger partial charge in [-0.15, -0.1) is 10.2 Å². The van der Waals surface area contributed by atoms with Gasteiger partial charge in [-0.3, -0.25) is 9.59 Å². The summed E-state index contributed by atoms with van der Waals surface area (Å²) < 4.78 is 10.2. The van der Waals surface area contributed by atoms with Crippen LogP contribution in [0.25, 0.3) is 33.9 Å². The van der Waals surface area contributed by atoms with Crippen molar-refractivity contribution in [3.05, 3.63) is 83.9 Å². The first-order valence-corrected chi connectivity index (χ1v) is 11.3. The number of nitrogens with zero attached hydrogens (tertiary/aromatic N) is 3. The summed E-state index contributed by atoms with van der Waals surface area (Å²) in [6.07, 6.45) is 0. The highest BCUT2D eigenvalue weighted by Crippen LogP contribution is 2.27. The maximum absolute atomic E-state index is 12.8. The number of aromatic amines is 1. The summed E-state index contributed by atoms with van der Waals surface area (Å²) >= 11 is 1.12. The Balaban J connectivity index is 1.34. The Morgan fingerprint density at radius 3 is 2.47 bits per heavy atom. The molecule has 0 unspecified atom stereocenters. The van der Waals surface area contributed by atoms with Crippen molar-refractivity contribution in [2.75, 3.05) is 12.9 Å². The standard InChI is InChI=1S/C25H18N4O4S/c1-32-21(30)14-34-25-29-28-24(33-25)17-9-7-16(8-10-17)23-26-19-12-11-18(13-20(19)27-23)22(31)15-5-3-2-4-6-15/h2-13H,14H2,1H3,(H,26,27). The highest BCUT2D eigenvalue weighted by atomic mass is 32.2. The van der Waals surface area contributed by atoms with E-state index in [2.05, 4.69) is 24.9 Å². The number of rotatable bonds is 7. The predicted molar refractivity (Wildman–Crippen MR) is 127 cm³/mol. The summed E-state index contributed by atoms with van der Waals surface area (Å²) in [6.45, 7) is 0. The summed E-state index contributed by atoms with van der Waals surface area (Å²) in [5, 5.41) is 8.27. The molecule has 0 saturated heterocycles. The van der Waals surface area contributed by atoms with Gasteiger partial charge in [-0.1, -0.05) is 54.2 Å². The molecule has 5 aromatic rings.